The highest BCUT2D eigenvalue weighted by atomic mass is 35.5. The molecule has 0 unspecified atom stereocenters. The first kappa shape index (κ1) is 18.6. The van der Waals surface area contributed by atoms with Crippen molar-refractivity contribution in [2.75, 3.05) is 12.4 Å². The van der Waals surface area contributed by atoms with Crippen LogP contribution in [0.3, 0.4) is 0 Å². The van der Waals surface area contributed by atoms with E-state index in [0.717, 1.165) is 0 Å². The Kier molecular flexibility index (Phi) is 4.91. The fourth-order valence-corrected chi connectivity index (χ4v) is 4.56. The van der Waals surface area contributed by atoms with Crippen molar-refractivity contribution in [3.05, 3.63) is 70.1 Å². The van der Waals surface area contributed by atoms with Crippen LogP contribution >= 0.6 is 11.6 Å². The Hall–Kier alpha value is -2.71. The maximum Gasteiger partial charge on any atom is 0.261 e. The summed E-state index contributed by atoms with van der Waals surface area (Å²) in [5, 5.41) is 7.22. The van der Waals surface area contributed by atoms with Crippen molar-refractivity contribution < 1.29 is 18.1 Å². The minimum atomic E-state index is -1.08. The highest BCUT2D eigenvalue weighted by Crippen LogP contribution is 2.32. The molecule has 0 saturated heterocycles. The van der Waals surface area contributed by atoms with Gasteiger partial charge in [-0.2, -0.15) is 5.10 Å². The molecule has 28 heavy (non-hydrogen) atoms. The van der Waals surface area contributed by atoms with Crippen molar-refractivity contribution in [2.45, 2.75) is 11.5 Å². The van der Waals surface area contributed by atoms with Gasteiger partial charge in [0.15, 0.2) is 0 Å². The smallest absolute Gasteiger partial charge is 0.261 e. The van der Waals surface area contributed by atoms with Crippen LogP contribution in [0.4, 0.5) is 10.2 Å². The van der Waals surface area contributed by atoms with E-state index in [2.05, 4.69) is 10.4 Å². The average Bonchev–Trinajstić information content (AvgIpc) is 3.19. The molecule has 0 radical (unpaired) electrons. The molecule has 144 valence electrons. The number of methoxy groups -OCH3 is 1. The van der Waals surface area contributed by atoms with Crippen LogP contribution in [0.2, 0.25) is 5.02 Å². The van der Waals surface area contributed by atoms with Crippen LogP contribution in [-0.2, 0) is 22.3 Å². The van der Waals surface area contributed by atoms with Gasteiger partial charge in [0, 0.05) is 16.4 Å². The third kappa shape index (κ3) is 3.29. The van der Waals surface area contributed by atoms with Crippen LogP contribution in [0.15, 0.2) is 42.5 Å². The molecule has 1 atom stereocenters. The number of hydrogen-bond acceptors (Lipinski definition) is 4. The molecular weight excluding hydrogens is 405 g/mol. The van der Waals surface area contributed by atoms with E-state index in [4.69, 9.17) is 16.3 Å². The van der Waals surface area contributed by atoms with E-state index in [1.807, 2.05) is 0 Å². The average molecular weight is 420 g/mol. The van der Waals surface area contributed by atoms with E-state index >= 15 is 0 Å². The second-order valence-corrected chi connectivity index (χ2v) is 8.03. The zero-order chi connectivity index (χ0) is 19.8. The number of fused-ring (bicyclic) bond motifs is 1. The molecule has 1 aliphatic heterocycles. The normalized spacial score (nSPS) is 15.3. The van der Waals surface area contributed by atoms with Crippen LogP contribution in [0.1, 0.15) is 21.6 Å². The van der Waals surface area contributed by atoms with Crippen molar-refractivity contribution in [3.8, 4) is 11.4 Å². The molecule has 0 spiro atoms. The molecule has 2 aromatic carbocycles. The number of carbonyl (C=O) groups is 1. The summed E-state index contributed by atoms with van der Waals surface area (Å²) >= 11 is 6.01. The molecule has 9 heteroatoms. The molecule has 0 fully saturated rings. The van der Waals surface area contributed by atoms with E-state index in [1.165, 1.54) is 18.2 Å². The molecule has 0 aliphatic carbocycles. The Balaban J connectivity index is 1.77. The lowest BCUT2D eigenvalue weighted by atomic mass is 10.2. The minimum Gasteiger partial charge on any atom is -0.497 e. The summed E-state index contributed by atoms with van der Waals surface area (Å²) < 4.78 is 32.8. The lowest BCUT2D eigenvalue weighted by Gasteiger charge is -2.12. The van der Waals surface area contributed by atoms with E-state index in [9.17, 15) is 13.4 Å². The zero-order valence-electron chi connectivity index (χ0n) is 14.7. The predicted octanol–water partition coefficient (Wildman–Crippen LogP) is 3.69. The Bertz CT molecular complexity index is 1080. The molecule has 1 aliphatic rings. The number of anilines is 1. The van der Waals surface area contributed by atoms with E-state index < -0.39 is 22.5 Å². The van der Waals surface area contributed by atoms with Crippen molar-refractivity contribution in [2.24, 2.45) is 0 Å². The van der Waals surface area contributed by atoms with E-state index in [-0.39, 0.29) is 16.3 Å². The maximum atomic E-state index is 14.1. The van der Waals surface area contributed by atoms with Crippen LogP contribution in [0.25, 0.3) is 5.69 Å². The second-order valence-electron chi connectivity index (χ2n) is 6.16. The topological polar surface area (TPSA) is 73.2 Å². The van der Waals surface area contributed by atoms with Gasteiger partial charge in [-0.05, 0) is 36.4 Å². The summed E-state index contributed by atoms with van der Waals surface area (Å²) in [5.41, 5.74) is 1.74. The number of halogens is 2. The number of hydrogen-bond donors (Lipinski definition) is 1. The lowest BCUT2D eigenvalue weighted by molar-refractivity contribution is 0.102. The summed E-state index contributed by atoms with van der Waals surface area (Å²) in [6.45, 7) is 0. The van der Waals surface area contributed by atoms with Gasteiger partial charge in [-0.1, -0.05) is 17.7 Å². The first-order valence-corrected chi connectivity index (χ1v) is 10.2. The molecule has 0 saturated carbocycles. The maximum absolute atomic E-state index is 14.1. The highest BCUT2D eigenvalue weighted by Gasteiger charge is 2.29. The molecular formula is C19H15ClFN3O3S. The quantitative estimate of drug-likeness (QED) is 0.700. The molecule has 0 bridgehead atoms. The number of amides is 1. The summed E-state index contributed by atoms with van der Waals surface area (Å²) in [6, 6.07) is 11.1. The fraction of sp³-hybridized carbons (Fsp3) is 0.158. The van der Waals surface area contributed by atoms with Crippen LogP contribution in [-0.4, -0.2) is 27.0 Å². The first-order chi connectivity index (χ1) is 13.5. The molecule has 1 amide bonds. The van der Waals surface area contributed by atoms with E-state index in [1.54, 1.807) is 36.1 Å². The number of benzene rings is 2. The van der Waals surface area contributed by atoms with Crippen molar-refractivity contribution >= 4 is 34.1 Å². The van der Waals surface area contributed by atoms with Gasteiger partial charge in [-0.15, -0.1) is 0 Å². The van der Waals surface area contributed by atoms with Gasteiger partial charge < -0.3 is 10.1 Å². The molecule has 2 heterocycles. The summed E-state index contributed by atoms with van der Waals surface area (Å²) in [7, 11) is 0.482. The standard InChI is InChI=1S/C19H15ClFN3O3S/c1-27-12-7-5-11(6-8-12)24-18(13-9-28(26)10-16(13)23-24)22-19(25)17-14(20)3-2-4-15(17)21/h2-8H,9-10H2,1H3,(H,22,25)/t28-/m1/s1. The largest absolute Gasteiger partial charge is 0.497 e. The van der Waals surface area contributed by atoms with Gasteiger partial charge in [0.1, 0.15) is 17.4 Å². The first-order valence-electron chi connectivity index (χ1n) is 8.33. The molecule has 3 aromatic rings. The van der Waals surface area contributed by atoms with Gasteiger partial charge >= 0.3 is 0 Å². The molecule has 1 N–H and O–H groups in total. The van der Waals surface area contributed by atoms with Crippen molar-refractivity contribution in [1.29, 1.82) is 0 Å². The SMILES string of the molecule is COc1ccc(-n2nc3c(c2NC(=O)c2c(F)cccc2Cl)C[S@@](=O)C3)cc1. The number of aromatic nitrogens is 2. The Morgan fingerprint density at radius 2 is 2.00 bits per heavy atom. The summed E-state index contributed by atoms with van der Waals surface area (Å²) in [4.78, 5) is 12.7. The van der Waals surface area contributed by atoms with Gasteiger partial charge in [0.2, 0.25) is 0 Å². The number of ether oxygens (including phenoxy) is 1. The van der Waals surface area contributed by atoms with Gasteiger partial charge in [0.25, 0.3) is 5.91 Å². The molecule has 1 aromatic heterocycles. The lowest BCUT2D eigenvalue weighted by Crippen LogP contribution is -2.18. The van der Waals surface area contributed by atoms with Crippen LogP contribution in [0, 0.1) is 5.82 Å². The van der Waals surface area contributed by atoms with Crippen molar-refractivity contribution in [1.82, 2.24) is 9.78 Å². The van der Waals surface area contributed by atoms with Crippen LogP contribution < -0.4 is 10.1 Å². The van der Waals surface area contributed by atoms with Gasteiger partial charge in [-0.25, -0.2) is 9.07 Å². The molecule has 6 nitrogen and oxygen atoms in total. The number of rotatable bonds is 4. The minimum absolute atomic E-state index is 0.00762. The zero-order valence-corrected chi connectivity index (χ0v) is 16.3. The monoisotopic (exact) mass is 419 g/mol. The van der Waals surface area contributed by atoms with Crippen LogP contribution in [0.5, 0.6) is 5.75 Å². The fourth-order valence-electron chi connectivity index (χ4n) is 3.05. The van der Waals surface area contributed by atoms with Crippen molar-refractivity contribution in [3.63, 3.8) is 0 Å². The van der Waals surface area contributed by atoms with Gasteiger partial charge in [0.05, 0.1) is 40.6 Å². The Morgan fingerprint density at radius 3 is 2.68 bits per heavy atom. The number of carbonyl (C=O) groups excluding carboxylic acids is 1. The molecule has 4 rings (SSSR count). The number of nitrogens with one attached hydrogen (secondary N) is 1. The Labute approximate surface area is 167 Å². The summed E-state index contributed by atoms with van der Waals surface area (Å²) in [5.74, 6) is 0.191. The third-order valence-corrected chi connectivity index (χ3v) is 5.93. The number of nitrogens with zero attached hydrogens (tertiary/aromatic N) is 2. The third-order valence-electron chi connectivity index (χ3n) is 4.41. The second kappa shape index (κ2) is 7.37. The highest BCUT2D eigenvalue weighted by molar-refractivity contribution is 7.83. The van der Waals surface area contributed by atoms with E-state index in [0.29, 0.717) is 34.3 Å². The van der Waals surface area contributed by atoms with Gasteiger partial charge in [-0.3, -0.25) is 9.00 Å². The predicted molar refractivity (Wildman–Crippen MR) is 105 cm³/mol. The summed E-state index contributed by atoms with van der Waals surface area (Å²) in [6.07, 6.45) is 0. The Morgan fingerprint density at radius 1 is 1.25 bits per heavy atom.